The van der Waals surface area contributed by atoms with Gasteiger partial charge in [0.2, 0.25) is 0 Å². The van der Waals surface area contributed by atoms with Crippen LogP contribution in [0.15, 0.2) is 192 Å². The highest BCUT2D eigenvalue weighted by Gasteiger charge is 2.22. The van der Waals surface area contributed by atoms with E-state index in [1.54, 1.807) is 0 Å². The van der Waals surface area contributed by atoms with Crippen molar-refractivity contribution in [3.63, 3.8) is 0 Å². The van der Waals surface area contributed by atoms with Crippen molar-refractivity contribution in [1.29, 1.82) is 0 Å². The van der Waals surface area contributed by atoms with Gasteiger partial charge in [0, 0.05) is 79.1 Å². The van der Waals surface area contributed by atoms with Gasteiger partial charge in [-0.15, -0.1) is 22.7 Å². The van der Waals surface area contributed by atoms with E-state index in [9.17, 15) is 0 Å². The molecule has 268 valence electrons. The highest BCUT2D eigenvalue weighted by molar-refractivity contribution is 7.27. The van der Waals surface area contributed by atoms with Gasteiger partial charge in [0.1, 0.15) is 12.0 Å². The first kappa shape index (κ1) is 32.4. The highest BCUT2D eigenvalue weighted by atomic mass is 32.1. The minimum Gasteiger partial charge on any atom is -0.344 e. The molecule has 1 aliphatic heterocycles. The monoisotopic (exact) mass is 764 g/mol. The van der Waals surface area contributed by atoms with Crippen LogP contribution in [0.25, 0.3) is 79.0 Å². The van der Waals surface area contributed by atoms with E-state index >= 15 is 0 Å². The molecule has 0 aliphatic carbocycles. The van der Waals surface area contributed by atoms with Crippen molar-refractivity contribution in [2.75, 3.05) is 0 Å². The van der Waals surface area contributed by atoms with E-state index in [1.807, 2.05) is 46.9 Å². The van der Waals surface area contributed by atoms with Gasteiger partial charge in [0.05, 0.1) is 11.0 Å². The zero-order valence-corrected chi connectivity index (χ0v) is 32.2. The summed E-state index contributed by atoms with van der Waals surface area (Å²) in [5.74, 6) is 1.56. The van der Waals surface area contributed by atoms with E-state index in [4.69, 9.17) is 9.98 Å². The van der Waals surface area contributed by atoms with Crippen molar-refractivity contribution >= 4 is 96.5 Å². The molecule has 0 saturated carbocycles. The van der Waals surface area contributed by atoms with Crippen LogP contribution in [0.5, 0.6) is 0 Å². The molecule has 57 heavy (non-hydrogen) atoms. The lowest BCUT2D eigenvalue weighted by molar-refractivity contribution is 0.674. The van der Waals surface area contributed by atoms with Crippen LogP contribution in [-0.4, -0.2) is 16.2 Å². The minimum absolute atomic E-state index is 0.238. The van der Waals surface area contributed by atoms with Crippen LogP contribution >= 0.6 is 22.7 Å². The lowest BCUT2D eigenvalue weighted by atomic mass is 10.00. The number of rotatable bonds is 5. The van der Waals surface area contributed by atoms with Crippen molar-refractivity contribution in [3.8, 4) is 16.8 Å². The molecule has 8 aromatic carbocycles. The maximum atomic E-state index is 5.15. The normalized spacial score (nSPS) is 14.5. The van der Waals surface area contributed by atoms with Crippen molar-refractivity contribution in [1.82, 2.24) is 9.88 Å². The molecular weight excluding hydrogens is 733 g/mol. The van der Waals surface area contributed by atoms with E-state index in [2.05, 4.69) is 168 Å². The molecule has 1 aliphatic rings. The maximum absolute atomic E-state index is 5.15. The van der Waals surface area contributed by atoms with Gasteiger partial charge in [-0.05, 0) is 42.0 Å². The smallest absolute Gasteiger partial charge is 0.159 e. The SMILES string of the molecule is c1ccc(C2=NC(c3ccc4c(c3)sc3c(-c5cccc6c5sc5ccc(-n7c8ccccc8c8ccccc87)cc56)cccc34)=NC(c3ccccc3)N2)cc1. The van der Waals surface area contributed by atoms with Crippen LogP contribution in [0.4, 0.5) is 0 Å². The van der Waals surface area contributed by atoms with E-state index in [0.717, 1.165) is 28.4 Å². The van der Waals surface area contributed by atoms with E-state index in [0.29, 0.717) is 0 Å². The molecule has 0 spiro atoms. The number of nitrogens with one attached hydrogen (secondary N) is 1. The van der Waals surface area contributed by atoms with Gasteiger partial charge in [0.15, 0.2) is 5.84 Å². The minimum atomic E-state index is -0.238. The summed E-state index contributed by atoms with van der Waals surface area (Å²) in [6, 6.07) is 65.4. The highest BCUT2D eigenvalue weighted by Crippen LogP contribution is 2.46. The third kappa shape index (κ3) is 5.18. The van der Waals surface area contributed by atoms with Gasteiger partial charge >= 0.3 is 0 Å². The summed E-state index contributed by atoms with van der Waals surface area (Å²) in [6.45, 7) is 0. The summed E-state index contributed by atoms with van der Waals surface area (Å²) in [6.07, 6.45) is -0.238. The maximum Gasteiger partial charge on any atom is 0.159 e. The van der Waals surface area contributed by atoms with Crippen LogP contribution in [-0.2, 0) is 0 Å². The fourth-order valence-corrected chi connectivity index (χ4v) is 11.1. The quantitative estimate of drug-likeness (QED) is 0.186. The van der Waals surface area contributed by atoms with Crippen LogP contribution in [0.3, 0.4) is 0 Å². The Labute approximate surface area is 336 Å². The largest absolute Gasteiger partial charge is 0.344 e. The molecule has 0 amide bonds. The van der Waals surface area contributed by atoms with Gasteiger partial charge in [-0.25, -0.2) is 9.98 Å². The molecule has 0 fully saturated rings. The molecule has 1 N–H and O–H groups in total. The van der Waals surface area contributed by atoms with Gasteiger partial charge < -0.3 is 9.88 Å². The number of aliphatic imine (C=N–C) groups is 2. The molecule has 12 rings (SSSR count). The second-order valence-electron chi connectivity index (χ2n) is 14.6. The number of amidine groups is 2. The van der Waals surface area contributed by atoms with E-state index in [-0.39, 0.29) is 6.17 Å². The summed E-state index contributed by atoms with van der Waals surface area (Å²) in [5, 5.41) is 11.2. The molecule has 0 saturated heterocycles. The third-order valence-electron chi connectivity index (χ3n) is 11.3. The summed E-state index contributed by atoms with van der Waals surface area (Å²) < 4.78 is 7.54. The number of hydrogen-bond acceptors (Lipinski definition) is 5. The fourth-order valence-electron chi connectivity index (χ4n) is 8.62. The Bertz CT molecular complexity index is 3390. The fraction of sp³-hybridized carbons (Fsp3) is 0.0196. The topological polar surface area (TPSA) is 41.7 Å². The molecule has 0 bridgehead atoms. The number of benzene rings is 8. The Balaban J connectivity index is 0.983. The number of para-hydroxylation sites is 2. The second-order valence-corrected chi connectivity index (χ2v) is 16.7. The molecule has 11 aromatic rings. The molecule has 6 heteroatoms. The number of hydrogen-bond donors (Lipinski definition) is 1. The molecule has 3 aromatic heterocycles. The van der Waals surface area contributed by atoms with Gasteiger partial charge in [-0.2, -0.15) is 0 Å². The van der Waals surface area contributed by atoms with E-state index < -0.39 is 0 Å². The molecule has 4 heterocycles. The summed E-state index contributed by atoms with van der Waals surface area (Å²) in [7, 11) is 0. The summed E-state index contributed by atoms with van der Waals surface area (Å²) in [4.78, 5) is 10.2. The predicted molar refractivity (Wildman–Crippen MR) is 244 cm³/mol. The number of aromatic nitrogens is 1. The zero-order chi connectivity index (χ0) is 37.5. The Hall–Kier alpha value is -6.86. The van der Waals surface area contributed by atoms with Gasteiger partial charge in [-0.1, -0.05) is 146 Å². The predicted octanol–water partition coefficient (Wildman–Crippen LogP) is 13.7. The van der Waals surface area contributed by atoms with Crippen molar-refractivity contribution in [2.24, 2.45) is 9.98 Å². The zero-order valence-electron chi connectivity index (χ0n) is 30.6. The standard InChI is InChI=1S/C51H32N4S2/c1-3-13-31(14-4-1)49-52-50(32-15-5-2-6-16-32)54-51(53-49)33-25-27-37-38-19-11-20-39(47(38)57-46(37)29-33)40-21-12-22-41-42-30-34(26-28-45(42)56-48(40)41)55-43-23-9-7-17-35(43)36-18-8-10-24-44(36)55/h1-30,49H,(H,52,53,54). The summed E-state index contributed by atoms with van der Waals surface area (Å²) >= 11 is 3.74. The molecule has 0 radical (unpaired) electrons. The van der Waals surface area contributed by atoms with Gasteiger partial charge in [0.25, 0.3) is 0 Å². The average molecular weight is 765 g/mol. The van der Waals surface area contributed by atoms with Crippen LogP contribution in [0.2, 0.25) is 0 Å². The number of thiophene rings is 2. The molecule has 1 unspecified atom stereocenters. The van der Waals surface area contributed by atoms with Gasteiger partial charge in [-0.3, -0.25) is 0 Å². The van der Waals surface area contributed by atoms with Crippen molar-refractivity contribution < 1.29 is 0 Å². The van der Waals surface area contributed by atoms with Crippen LogP contribution in [0.1, 0.15) is 22.9 Å². The third-order valence-corrected chi connectivity index (χ3v) is 13.7. The van der Waals surface area contributed by atoms with Crippen molar-refractivity contribution in [3.05, 3.63) is 199 Å². The number of nitrogens with zero attached hydrogens (tertiary/aromatic N) is 3. The molecule has 4 nitrogen and oxygen atoms in total. The lowest BCUT2D eigenvalue weighted by Gasteiger charge is -2.23. The first-order valence-electron chi connectivity index (χ1n) is 19.2. The average Bonchev–Trinajstić information content (AvgIpc) is 3.96. The lowest BCUT2D eigenvalue weighted by Crippen LogP contribution is -2.33. The van der Waals surface area contributed by atoms with E-state index in [1.165, 1.54) is 79.0 Å². The Morgan fingerprint density at radius 3 is 1.79 bits per heavy atom. The Morgan fingerprint density at radius 2 is 1.07 bits per heavy atom. The second kappa shape index (κ2) is 12.8. The Morgan fingerprint density at radius 1 is 0.456 bits per heavy atom. The molecule has 1 atom stereocenters. The van der Waals surface area contributed by atoms with Crippen LogP contribution in [0, 0.1) is 0 Å². The Kier molecular flexibility index (Phi) is 7.30. The number of fused-ring (bicyclic) bond motifs is 9. The summed E-state index contributed by atoms with van der Waals surface area (Å²) in [5.41, 5.74) is 9.33. The first-order valence-corrected chi connectivity index (χ1v) is 20.8. The molecular formula is C51H32N4S2. The van der Waals surface area contributed by atoms with Crippen molar-refractivity contribution in [2.45, 2.75) is 6.17 Å². The first-order chi connectivity index (χ1) is 28.2. The van der Waals surface area contributed by atoms with Crippen LogP contribution < -0.4 is 5.32 Å².